The highest BCUT2D eigenvalue weighted by molar-refractivity contribution is 7.47. The van der Waals surface area contributed by atoms with E-state index >= 15 is 0 Å². The van der Waals surface area contributed by atoms with Gasteiger partial charge in [0.25, 0.3) is 0 Å². The minimum atomic E-state index is -4.37. The van der Waals surface area contributed by atoms with Gasteiger partial charge in [0.05, 0.1) is 25.4 Å². The van der Waals surface area contributed by atoms with Crippen LogP contribution in [0.3, 0.4) is 0 Å². The van der Waals surface area contributed by atoms with Crippen molar-refractivity contribution < 1.29 is 28.4 Å². The topological polar surface area (TPSA) is 131 Å². The van der Waals surface area contributed by atoms with Crippen LogP contribution < -0.4 is 11.1 Å². The molecule has 0 aliphatic carbocycles. The molecule has 0 bridgehead atoms. The molecule has 57 heavy (non-hydrogen) atoms. The second-order valence-electron chi connectivity index (χ2n) is 14.1. The number of allylic oxidation sites excluding steroid dienone is 17. The van der Waals surface area contributed by atoms with Gasteiger partial charge < -0.3 is 21.1 Å². The van der Waals surface area contributed by atoms with Gasteiger partial charge in [0.1, 0.15) is 0 Å². The maximum absolute atomic E-state index is 12.8. The molecule has 0 aromatic carbocycles. The summed E-state index contributed by atoms with van der Waals surface area (Å²) in [6.45, 7) is 3.92. The number of carbonyl (C=O) groups is 1. The lowest BCUT2D eigenvalue weighted by Crippen LogP contribution is -2.45. The lowest BCUT2D eigenvalue weighted by molar-refractivity contribution is -0.123. The third-order valence-corrected chi connectivity index (χ3v) is 9.79. The van der Waals surface area contributed by atoms with Gasteiger partial charge in [0.15, 0.2) is 0 Å². The van der Waals surface area contributed by atoms with E-state index in [4.69, 9.17) is 14.8 Å². The Hall–Kier alpha value is -2.84. The number of carbonyl (C=O) groups excluding carboxylic acids is 1. The summed E-state index contributed by atoms with van der Waals surface area (Å²) in [5.74, 6) is -0.256. The summed E-state index contributed by atoms with van der Waals surface area (Å²) in [6.07, 6.45) is 60.0. The molecule has 0 rings (SSSR count). The fourth-order valence-corrected chi connectivity index (χ4v) is 6.28. The zero-order valence-corrected chi connectivity index (χ0v) is 36.7. The van der Waals surface area contributed by atoms with Crippen LogP contribution in [0.2, 0.25) is 0 Å². The van der Waals surface area contributed by atoms with E-state index in [1.165, 1.54) is 51.4 Å². The number of amides is 1. The lowest BCUT2D eigenvalue weighted by Gasteiger charge is -2.23. The van der Waals surface area contributed by atoms with Crippen LogP contribution in [0.15, 0.2) is 109 Å². The molecule has 0 fully saturated rings. The first kappa shape index (κ1) is 54.2. The van der Waals surface area contributed by atoms with Gasteiger partial charge in [-0.15, -0.1) is 0 Å². The molecule has 3 atom stereocenters. The first-order valence-corrected chi connectivity index (χ1v) is 23.5. The number of hydrogen-bond acceptors (Lipinski definition) is 6. The first-order valence-electron chi connectivity index (χ1n) is 22.0. The fraction of sp³-hybridized carbons (Fsp3) is 0.604. The first-order chi connectivity index (χ1) is 27.9. The van der Waals surface area contributed by atoms with Crippen LogP contribution in [-0.4, -0.2) is 47.8 Å². The van der Waals surface area contributed by atoms with Gasteiger partial charge in [-0.25, -0.2) is 4.57 Å². The van der Waals surface area contributed by atoms with E-state index in [0.29, 0.717) is 6.42 Å². The molecular formula is C48H81N2O6P. The molecule has 8 nitrogen and oxygen atoms in total. The number of aliphatic hydroxyl groups is 1. The van der Waals surface area contributed by atoms with Crippen LogP contribution >= 0.6 is 7.82 Å². The van der Waals surface area contributed by atoms with Crippen molar-refractivity contribution in [1.29, 1.82) is 0 Å². The average molecular weight is 813 g/mol. The summed E-state index contributed by atoms with van der Waals surface area (Å²) in [6, 6.07) is -0.914. The molecule has 0 heterocycles. The molecule has 1 amide bonds. The van der Waals surface area contributed by atoms with Crippen molar-refractivity contribution in [2.24, 2.45) is 5.73 Å². The number of hydrogen-bond donors (Lipinski definition) is 4. The Morgan fingerprint density at radius 3 is 1.56 bits per heavy atom. The summed E-state index contributed by atoms with van der Waals surface area (Å²) < 4.78 is 22.1. The number of unbranched alkanes of at least 4 members (excludes halogenated alkanes) is 11. The van der Waals surface area contributed by atoms with E-state index in [2.05, 4.69) is 116 Å². The van der Waals surface area contributed by atoms with Gasteiger partial charge in [-0.3, -0.25) is 13.8 Å². The number of nitrogens with two attached hydrogens (primary N) is 1. The van der Waals surface area contributed by atoms with Crippen molar-refractivity contribution in [2.45, 2.75) is 167 Å². The summed E-state index contributed by atoms with van der Waals surface area (Å²) in [7, 11) is -4.37. The second-order valence-corrected chi connectivity index (χ2v) is 15.6. The van der Waals surface area contributed by atoms with E-state index in [1.54, 1.807) is 6.08 Å². The zero-order chi connectivity index (χ0) is 41.8. The molecule has 0 saturated heterocycles. The van der Waals surface area contributed by atoms with Crippen LogP contribution in [0.5, 0.6) is 0 Å². The normalized spacial score (nSPS) is 15.1. The summed E-state index contributed by atoms with van der Waals surface area (Å²) in [4.78, 5) is 22.7. The number of phosphoric acid groups is 1. The Bertz CT molecular complexity index is 1250. The predicted molar refractivity (Wildman–Crippen MR) is 244 cm³/mol. The maximum Gasteiger partial charge on any atom is 0.472 e. The van der Waals surface area contributed by atoms with Gasteiger partial charge in [0, 0.05) is 13.0 Å². The molecule has 0 aliphatic rings. The largest absolute Gasteiger partial charge is 0.472 e. The third-order valence-electron chi connectivity index (χ3n) is 8.81. The molecule has 324 valence electrons. The highest BCUT2D eigenvalue weighted by atomic mass is 31.2. The van der Waals surface area contributed by atoms with Gasteiger partial charge in [-0.05, 0) is 96.3 Å². The number of phosphoric ester groups is 1. The van der Waals surface area contributed by atoms with Crippen LogP contribution in [0.4, 0.5) is 0 Å². The van der Waals surface area contributed by atoms with Crippen molar-refractivity contribution in [2.75, 3.05) is 19.8 Å². The maximum atomic E-state index is 12.8. The van der Waals surface area contributed by atoms with Crippen LogP contribution in [0.1, 0.15) is 155 Å². The number of nitrogens with one attached hydrogen (secondary N) is 1. The van der Waals surface area contributed by atoms with Crippen LogP contribution in [0, 0.1) is 0 Å². The van der Waals surface area contributed by atoms with Crippen molar-refractivity contribution in [1.82, 2.24) is 5.32 Å². The Balaban J connectivity index is 4.42. The summed E-state index contributed by atoms with van der Waals surface area (Å²) in [5.41, 5.74) is 5.37. The minimum absolute atomic E-state index is 0.0580. The molecular weight excluding hydrogens is 732 g/mol. The molecule has 3 unspecified atom stereocenters. The quantitative estimate of drug-likeness (QED) is 0.0276. The number of rotatable bonds is 39. The predicted octanol–water partition coefficient (Wildman–Crippen LogP) is 12.6. The molecule has 5 N–H and O–H groups in total. The fourth-order valence-electron chi connectivity index (χ4n) is 5.52. The average Bonchev–Trinajstić information content (AvgIpc) is 3.20. The second kappa shape index (κ2) is 42.8. The van der Waals surface area contributed by atoms with Crippen LogP contribution in [0.25, 0.3) is 0 Å². The Morgan fingerprint density at radius 1 is 0.596 bits per heavy atom. The summed E-state index contributed by atoms with van der Waals surface area (Å²) in [5, 5.41) is 13.6. The molecule has 0 aliphatic heterocycles. The van der Waals surface area contributed by atoms with Crippen molar-refractivity contribution in [3.63, 3.8) is 0 Å². The van der Waals surface area contributed by atoms with Crippen molar-refractivity contribution in [3.8, 4) is 0 Å². The van der Waals surface area contributed by atoms with Gasteiger partial charge in [-0.1, -0.05) is 162 Å². The van der Waals surface area contributed by atoms with E-state index in [-0.39, 0.29) is 32.1 Å². The lowest BCUT2D eigenvalue weighted by atomic mass is 10.1. The molecule has 0 saturated carbocycles. The molecule has 0 aromatic heterocycles. The SMILES string of the molecule is CC/C=C\C/C=C\C/C=C\C/C=C\C/C=C\C/C=C\CCCCC(=O)NC(COP(=O)(O)OCCN)C(O)/C=C/CC/C=C/CC/C=C/CCCCCCCCC. The number of aliphatic hydroxyl groups excluding tert-OH is 1. The Labute approximate surface area is 348 Å². The van der Waals surface area contributed by atoms with Gasteiger partial charge in [0.2, 0.25) is 5.91 Å². The molecule has 0 aromatic rings. The van der Waals surface area contributed by atoms with Crippen LogP contribution in [-0.2, 0) is 18.4 Å². The third kappa shape index (κ3) is 41.1. The van der Waals surface area contributed by atoms with E-state index < -0.39 is 20.0 Å². The van der Waals surface area contributed by atoms with E-state index in [0.717, 1.165) is 77.0 Å². The van der Waals surface area contributed by atoms with Crippen molar-refractivity contribution >= 4 is 13.7 Å². The zero-order valence-electron chi connectivity index (χ0n) is 35.8. The van der Waals surface area contributed by atoms with E-state index in [1.807, 2.05) is 6.08 Å². The summed E-state index contributed by atoms with van der Waals surface area (Å²) >= 11 is 0. The van der Waals surface area contributed by atoms with Gasteiger partial charge in [-0.2, -0.15) is 0 Å². The monoisotopic (exact) mass is 813 g/mol. The highest BCUT2D eigenvalue weighted by Crippen LogP contribution is 2.43. The Morgan fingerprint density at radius 2 is 1.04 bits per heavy atom. The smallest absolute Gasteiger partial charge is 0.387 e. The van der Waals surface area contributed by atoms with Gasteiger partial charge >= 0.3 is 7.82 Å². The standard InChI is InChI=1S/C48H81N2O6P/c1-3-5-7-9-11-13-15-17-19-21-22-23-24-26-28-30-32-34-36-38-40-42-48(52)50-46(45-56-57(53,54)55-44-43-49)47(51)41-39-37-35-33-31-29-27-25-20-18-16-14-12-10-8-6-4-2/h5,7,11,13,17,19-20,22-23,25-26,28,31-34,39,41,46-47,51H,3-4,6,8-10,12,14-16,18,21,24,27,29-30,35-38,40,42-45,49H2,1-2H3,(H,50,52)(H,53,54)/b7-5-,13-11-,19-17-,23-22-,25-20+,28-26-,33-31+,34-32-,41-39+. The Kier molecular flexibility index (Phi) is 40.6. The van der Waals surface area contributed by atoms with E-state index in [9.17, 15) is 19.4 Å². The molecule has 0 radical (unpaired) electrons. The minimum Gasteiger partial charge on any atom is -0.387 e. The molecule has 0 spiro atoms. The highest BCUT2D eigenvalue weighted by Gasteiger charge is 2.26. The molecule has 9 heteroatoms. The van der Waals surface area contributed by atoms with Crippen molar-refractivity contribution in [3.05, 3.63) is 109 Å².